The van der Waals surface area contributed by atoms with Gasteiger partial charge in [0.25, 0.3) is 0 Å². The molecule has 1 fully saturated rings. The first-order valence-corrected chi connectivity index (χ1v) is 8.07. The molecule has 1 unspecified atom stereocenters. The lowest BCUT2D eigenvalue weighted by Gasteiger charge is -2.36. The molecular formula is C17H30N4. The molecule has 118 valence electrons. The zero-order valence-electron chi connectivity index (χ0n) is 13.8. The fraction of sp³-hybridized carbons (Fsp3) is 0.647. The molecule has 0 spiro atoms. The molecule has 1 heterocycles. The van der Waals surface area contributed by atoms with Crippen molar-refractivity contribution in [3.63, 3.8) is 0 Å². The van der Waals surface area contributed by atoms with E-state index in [2.05, 4.69) is 60.0 Å². The molecule has 1 aromatic rings. The molecule has 0 amide bonds. The summed E-state index contributed by atoms with van der Waals surface area (Å²) in [6.45, 7) is 8.99. The number of nitrogens with two attached hydrogens (primary N) is 1. The molecule has 0 saturated carbocycles. The average Bonchev–Trinajstić information content (AvgIpc) is 2.53. The lowest BCUT2D eigenvalue weighted by atomic mass is 10.0. The molecule has 1 atom stereocenters. The van der Waals surface area contributed by atoms with Crippen molar-refractivity contribution >= 4 is 5.69 Å². The maximum absolute atomic E-state index is 6.07. The van der Waals surface area contributed by atoms with Crippen LogP contribution in [-0.4, -0.2) is 63.2 Å². The van der Waals surface area contributed by atoms with Crippen LogP contribution in [0.4, 0.5) is 5.69 Å². The summed E-state index contributed by atoms with van der Waals surface area (Å²) in [5.41, 5.74) is 8.64. The van der Waals surface area contributed by atoms with Crippen molar-refractivity contribution in [3.05, 3.63) is 29.8 Å². The van der Waals surface area contributed by atoms with Crippen molar-refractivity contribution in [2.75, 3.05) is 58.3 Å². The highest BCUT2D eigenvalue weighted by molar-refractivity contribution is 5.48. The van der Waals surface area contributed by atoms with Gasteiger partial charge in [-0.3, -0.25) is 4.90 Å². The molecule has 1 aliphatic heterocycles. The predicted molar refractivity (Wildman–Crippen MR) is 90.9 cm³/mol. The minimum atomic E-state index is 0.168. The number of rotatable bonds is 6. The van der Waals surface area contributed by atoms with Crippen LogP contribution in [0.25, 0.3) is 0 Å². The highest BCUT2D eigenvalue weighted by Crippen LogP contribution is 2.20. The van der Waals surface area contributed by atoms with Gasteiger partial charge in [0.1, 0.15) is 0 Å². The van der Waals surface area contributed by atoms with Gasteiger partial charge in [0, 0.05) is 51.0 Å². The number of likely N-dealkylation sites (N-methyl/N-ethyl adjacent to an activating group) is 1. The Morgan fingerprint density at radius 1 is 1.10 bits per heavy atom. The van der Waals surface area contributed by atoms with E-state index >= 15 is 0 Å². The van der Waals surface area contributed by atoms with Crippen LogP contribution < -0.4 is 10.6 Å². The summed E-state index contributed by atoms with van der Waals surface area (Å²) in [6.07, 6.45) is 0.990. The molecule has 0 aromatic heterocycles. The quantitative estimate of drug-likeness (QED) is 0.866. The van der Waals surface area contributed by atoms with E-state index in [1.807, 2.05) is 0 Å². The number of hydrogen-bond donors (Lipinski definition) is 1. The third-order valence-corrected chi connectivity index (χ3v) is 4.36. The SMILES string of the molecule is CCC(N)c1ccc(N2CCN(CCN(C)C)CC2)cc1. The average molecular weight is 290 g/mol. The molecule has 1 aliphatic rings. The van der Waals surface area contributed by atoms with Crippen molar-refractivity contribution in [2.45, 2.75) is 19.4 Å². The minimum Gasteiger partial charge on any atom is -0.369 e. The van der Waals surface area contributed by atoms with Crippen LogP contribution in [0.15, 0.2) is 24.3 Å². The summed E-state index contributed by atoms with van der Waals surface area (Å²) < 4.78 is 0. The summed E-state index contributed by atoms with van der Waals surface area (Å²) in [5.74, 6) is 0. The Hall–Kier alpha value is -1.10. The van der Waals surface area contributed by atoms with E-state index in [0.29, 0.717) is 0 Å². The van der Waals surface area contributed by atoms with Crippen LogP contribution in [0, 0.1) is 0 Å². The number of anilines is 1. The highest BCUT2D eigenvalue weighted by Gasteiger charge is 2.17. The van der Waals surface area contributed by atoms with Gasteiger partial charge in [-0.05, 0) is 38.2 Å². The number of nitrogens with zero attached hydrogens (tertiary/aromatic N) is 3. The van der Waals surface area contributed by atoms with E-state index < -0.39 is 0 Å². The standard InChI is InChI=1S/C17H30N4/c1-4-17(18)15-5-7-16(8-6-15)21-13-11-20(12-14-21)10-9-19(2)3/h5-8,17H,4,9-14,18H2,1-3H3. The fourth-order valence-corrected chi connectivity index (χ4v) is 2.74. The molecule has 0 aliphatic carbocycles. The smallest absolute Gasteiger partial charge is 0.0367 e. The van der Waals surface area contributed by atoms with E-state index in [1.54, 1.807) is 0 Å². The summed E-state index contributed by atoms with van der Waals surface area (Å²) >= 11 is 0. The Bertz CT molecular complexity index is 407. The van der Waals surface area contributed by atoms with E-state index in [4.69, 9.17) is 5.73 Å². The summed E-state index contributed by atoms with van der Waals surface area (Å²) in [7, 11) is 4.28. The molecule has 2 rings (SSSR count). The van der Waals surface area contributed by atoms with Crippen LogP contribution in [-0.2, 0) is 0 Å². The molecule has 2 N–H and O–H groups in total. The van der Waals surface area contributed by atoms with Crippen molar-refractivity contribution in [3.8, 4) is 0 Å². The van der Waals surface area contributed by atoms with Crippen molar-refractivity contribution in [2.24, 2.45) is 5.73 Å². The summed E-state index contributed by atoms with van der Waals surface area (Å²) in [5, 5.41) is 0. The maximum Gasteiger partial charge on any atom is 0.0367 e. The Labute approximate surface area is 129 Å². The molecular weight excluding hydrogens is 260 g/mol. The van der Waals surface area contributed by atoms with Crippen LogP contribution >= 0.6 is 0 Å². The van der Waals surface area contributed by atoms with Crippen LogP contribution in [0.3, 0.4) is 0 Å². The first kappa shape index (κ1) is 16.3. The van der Waals surface area contributed by atoms with Crippen LogP contribution in [0.5, 0.6) is 0 Å². The highest BCUT2D eigenvalue weighted by atomic mass is 15.3. The first-order valence-electron chi connectivity index (χ1n) is 8.07. The molecule has 4 nitrogen and oxygen atoms in total. The van der Waals surface area contributed by atoms with Gasteiger partial charge in [-0.1, -0.05) is 19.1 Å². The monoisotopic (exact) mass is 290 g/mol. The van der Waals surface area contributed by atoms with E-state index in [1.165, 1.54) is 17.8 Å². The van der Waals surface area contributed by atoms with Gasteiger partial charge >= 0.3 is 0 Å². The normalized spacial score (nSPS) is 18.2. The Morgan fingerprint density at radius 2 is 1.71 bits per heavy atom. The van der Waals surface area contributed by atoms with Gasteiger partial charge < -0.3 is 15.5 Å². The largest absolute Gasteiger partial charge is 0.369 e. The first-order chi connectivity index (χ1) is 10.1. The van der Waals surface area contributed by atoms with E-state index in [-0.39, 0.29) is 6.04 Å². The Kier molecular flexibility index (Phi) is 6.03. The predicted octanol–water partition coefficient (Wildman–Crippen LogP) is 1.78. The summed E-state index contributed by atoms with van der Waals surface area (Å²) in [6, 6.07) is 8.98. The van der Waals surface area contributed by atoms with Crippen LogP contribution in [0.2, 0.25) is 0 Å². The van der Waals surface area contributed by atoms with Crippen molar-refractivity contribution < 1.29 is 0 Å². The molecule has 4 heteroatoms. The van der Waals surface area contributed by atoms with Crippen molar-refractivity contribution in [1.82, 2.24) is 9.80 Å². The zero-order valence-corrected chi connectivity index (χ0v) is 13.8. The number of benzene rings is 1. The maximum atomic E-state index is 6.07. The van der Waals surface area contributed by atoms with Gasteiger partial charge in [-0.2, -0.15) is 0 Å². The second-order valence-electron chi connectivity index (χ2n) is 6.24. The number of hydrogen-bond acceptors (Lipinski definition) is 4. The zero-order chi connectivity index (χ0) is 15.2. The third-order valence-electron chi connectivity index (χ3n) is 4.36. The number of piperazine rings is 1. The Morgan fingerprint density at radius 3 is 2.24 bits per heavy atom. The van der Waals surface area contributed by atoms with Gasteiger partial charge in [0.15, 0.2) is 0 Å². The lowest BCUT2D eigenvalue weighted by molar-refractivity contribution is 0.229. The minimum absolute atomic E-state index is 0.168. The van der Waals surface area contributed by atoms with E-state index in [0.717, 1.165) is 39.1 Å². The van der Waals surface area contributed by atoms with Gasteiger partial charge in [0.05, 0.1) is 0 Å². The van der Waals surface area contributed by atoms with Crippen molar-refractivity contribution in [1.29, 1.82) is 0 Å². The molecule has 0 radical (unpaired) electrons. The topological polar surface area (TPSA) is 35.7 Å². The summed E-state index contributed by atoms with van der Waals surface area (Å²) in [4.78, 5) is 7.29. The molecule has 1 saturated heterocycles. The fourth-order valence-electron chi connectivity index (χ4n) is 2.74. The van der Waals surface area contributed by atoms with Gasteiger partial charge in [-0.15, -0.1) is 0 Å². The second-order valence-corrected chi connectivity index (χ2v) is 6.24. The van der Waals surface area contributed by atoms with Crippen LogP contribution in [0.1, 0.15) is 24.9 Å². The van der Waals surface area contributed by atoms with E-state index in [9.17, 15) is 0 Å². The molecule has 0 bridgehead atoms. The molecule has 21 heavy (non-hydrogen) atoms. The second kappa shape index (κ2) is 7.78. The van der Waals surface area contributed by atoms with Gasteiger partial charge in [0.2, 0.25) is 0 Å². The molecule has 1 aromatic carbocycles. The lowest BCUT2D eigenvalue weighted by Crippen LogP contribution is -2.48. The Balaban J connectivity index is 1.84. The van der Waals surface area contributed by atoms with Gasteiger partial charge in [-0.25, -0.2) is 0 Å². The third kappa shape index (κ3) is 4.70.